The normalized spacial score (nSPS) is 37.8. The third-order valence-corrected chi connectivity index (χ3v) is 3.09. The van der Waals surface area contributed by atoms with Crippen LogP contribution >= 0.6 is 0 Å². The number of rotatable bonds is 2. The molecule has 2 rings (SSSR count). The molecule has 2 fully saturated rings. The number of hydrogen-bond donors (Lipinski definition) is 1. The van der Waals surface area contributed by atoms with Crippen molar-refractivity contribution in [2.24, 2.45) is 0 Å². The Morgan fingerprint density at radius 2 is 1.67 bits per heavy atom. The summed E-state index contributed by atoms with van der Waals surface area (Å²) in [5, 5.41) is 9.61. The molecule has 0 heterocycles. The maximum absolute atomic E-state index is 9.61. The van der Waals surface area contributed by atoms with Gasteiger partial charge in [-0.3, -0.25) is 0 Å². The lowest BCUT2D eigenvalue weighted by atomic mass is 9.92. The zero-order valence-corrected chi connectivity index (χ0v) is 7.54. The van der Waals surface area contributed by atoms with Crippen molar-refractivity contribution >= 4 is 0 Å². The standard InChI is InChI=1S/C10H18O2/c11-9-6-1-2-7-10(9)12-8-4-3-5-8/h8-11H,1-7H2. The van der Waals surface area contributed by atoms with Crippen LogP contribution in [0.2, 0.25) is 0 Å². The molecule has 2 atom stereocenters. The Hall–Kier alpha value is -0.0800. The van der Waals surface area contributed by atoms with Crippen LogP contribution in [0.5, 0.6) is 0 Å². The Morgan fingerprint density at radius 3 is 2.25 bits per heavy atom. The number of hydrogen-bond acceptors (Lipinski definition) is 2. The Balaban J connectivity index is 1.76. The fourth-order valence-electron chi connectivity index (χ4n) is 1.99. The van der Waals surface area contributed by atoms with Gasteiger partial charge in [-0.1, -0.05) is 12.8 Å². The summed E-state index contributed by atoms with van der Waals surface area (Å²) < 4.78 is 5.79. The Morgan fingerprint density at radius 1 is 0.917 bits per heavy atom. The van der Waals surface area contributed by atoms with Gasteiger partial charge in [0.15, 0.2) is 0 Å². The third kappa shape index (κ3) is 1.80. The van der Waals surface area contributed by atoms with Gasteiger partial charge in [0.2, 0.25) is 0 Å². The van der Waals surface area contributed by atoms with E-state index in [4.69, 9.17) is 4.74 Å². The molecule has 1 N–H and O–H groups in total. The minimum Gasteiger partial charge on any atom is -0.390 e. The first kappa shape index (κ1) is 8.52. The quantitative estimate of drug-likeness (QED) is 0.685. The van der Waals surface area contributed by atoms with Crippen molar-refractivity contribution < 1.29 is 9.84 Å². The van der Waals surface area contributed by atoms with Crippen LogP contribution < -0.4 is 0 Å². The first-order valence-corrected chi connectivity index (χ1v) is 5.20. The van der Waals surface area contributed by atoms with Gasteiger partial charge in [0.25, 0.3) is 0 Å². The van der Waals surface area contributed by atoms with Crippen molar-refractivity contribution in [1.82, 2.24) is 0 Å². The molecule has 0 amide bonds. The van der Waals surface area contributed by atoms with Crippen LogP contribution in [0.3, 0.4) is 0 Å². The molecule has 0 aliphatic heterocycles. The van der Waals surface area contributed by atoms with Gasteiger partial charge < -0.3 is 9.84 Å². The van der Waals surface area contributed by atoms with Crippen LogP contribution in [0.4, 0.5) is 0 Å². The lowest BCUT2D eigenvalue weighted by molar-refractivity contribution is -0.115. The van der Waals surface area contributed by atoms with Gasteiger partial charge in [-0.25, -0.2) is 0 Å². The molecule has 2 unspecified atom stereocenters. The number of aliphatic hydroxyl groups excluding tert-OH is 1. The fourth-order valence-corrected chi connectivity index (χ4v) is 1.99. The van der Waals surface area contributed by atoms with Crippen LogP contribution in [0.15, 0.2) is 0 Å². The average molecular weight is 170 g/mol. The van der Waals surface area contributed by atoms with Gasteiger partial charge in [-0.05, 0) is 32.1 Å². The molecule has 0 bridgehead atoms. The van der Waals surface area contributed by atoms with Gasteiger partial charge >= 0.3 is 0 Å². The van der Waals surface area contributed by atoms with Crippen molar-refractivity contribution in [3.05, 3.63) is 0 Å². The molecule has 2 aliphatic rings. The van der Waals surface area contributed by atoms with Gasteiger partial charge in [0.1, 0.15) is 0 Å². The molecule has 0 radical (unpaired) electrons. The Kier molecular flexibility index (Phi) is 2.66. The molecule has 2 nitrogen and oxygen atoms in total. The van der Waals surface area contributed by atoms with Crippen molar-refractivity contribution in [2.45, 2.75) is 63.3 Å². The highest BCUT2D eigenvalue weighted by atomic mass is 16.5. The summed E-state index contributed by atoms with van der Waals surface area (Å²) >= 11 is 0. The molecule has 0 aromatic carbocycles. The van der Waals surface area contributed by atoms with Crippen LogP contribution in [0, 0.1) is 0 Å². The van der Waals surface area contributed by atoms with Crippen molar-refractivity contribution in [3.63, 3.8) is 0 Å². The predicted molar refractivity (Wildman–Crippen MR) is 47.0 cm³/mol. The molecule has 0 spiro atoms. The molecule has 2 saturated carbocycles. The highest BCUT2D eigenvalue weighted by Gasteiger charge is 2.28. The van der Waals surface area contributed by atoms with Crippen LogP contribution in [-0.2, 0) is 4.74 Å². The maximum Gasteiger partial charge on any atom is 0.0837 e. The first-order chi connectivity index (χ1) is 5.86. The molecular weight excluding hydrogens is 152 g/mol. The summed E-state index contributed by atoms with van der Waals surface area (Å²) in [6.45, 7) is 0. The second-order valence-corrected chi connectivity index (χ2v) is 4.08. The smallest absolute Gasteiger partial charge is 0.0837 e. The molecular formula is C10H18O2. The van der Waals surface area contributed by atoms with E-state index in [-0.39, 0.29) is 12.2 Å². The van der Waals surface area contributed by atoms with E-state index in [9.17, 15) is 5.11 Å². The predicted octanol–water partition coefficient (Wildman–Crippen LogP) is 1.86. The second-order valence-electron chi connectivity index (χ2n) is 4.08. The van der Waals surface area contributed by atoms with E-state index in [1.165, 1.54) is 32.1 Å². The van der Waals surface area contributed by atoms with Crippen molar-refractivity contribution in [1.29, 1.82) is 0 Å². The summed E-state index contributed by atoms with van der Waals surface area (Å²) in [6.07, 6.45) is 8.60. The third-order valence-electron chi connectivity index (χ3n) is 3.09. The summed E-state index contributed by atoms with van der Waals surface area (Å²) in [4.78, 5) is 0. The zero-order valence-electron chi connectivity index (χ0n) is 7.54. The largest absolute Gasteiger partial charge is 0.390 e. The topological polar surface area (TPSA) is 29.5 Å². The van der Waals surface area contributed by atoms with Gasteiger partial charge in [0.05, 0.1) is 18.3 Å². The summed E-state index contributed by atoms with van der Waals surface area (Å²) in [5.41, 5.74) is 0. The van der Waals surface area contributed by atoms with Gasteiger partial charge in [-0.15, -0.1) is 0 Å². The highest BCUT2D eigenvalue weighted by molar-refractivity contribution is 4.79. The van der Waals surface area contributed by atoms with Crippen LogP contribution in [-0.4, -0.2) is 23.4 Å². The molecule has 0 aromatic rings. The van der Waals surface area contributed by atoms with Crippen molar-refractivity contribution in [3.8, 4) is 0 Å². The van der Waals surface area contributed by atoms with Gasteiger partial charge in [-0.2, -0.15) is 0 Å². The molecule has 12 heavy (non-hydrogen) atoms. The highest BCUT2D eigenvalue weighted by Crippen LogP contribution is 2.28. The van der Waals surface area contributed by atoms with E-state index >= 15 is 0 Å². The van der Waals surface area contributed by atoms with E-state index in [0.29, 0.717) is 6.10 Å². The number of aliphatic hydroxyl groups is 1. The summed E-state index contributed by atoms with van der Waals surface area (Å²) in [6, 6.07) is 0. The van der Waals surface area contributed by atoms with Crippen LogP contribution in [0.1, 0.15) is 44.9 Å². The monoisotopic (exact) mass is 170 g/mol. The molecule has 0 aromatic heterocycles. The van der Waals surface area contributed by atoms with E-state index in [2.05, 4.69) is 0 Å². The Labute approximate surface area is 73.9 Å². The van der Waals surface area contributed by atoms with E-state index in [1.807, 2.05) is 0 Å². The minimum absolute atomic E-state index is 0.157. The first-order valence-electron chi connectivity index (χ1n) is 5.20. The second kappa shape index (κ2) is 3.75. The van der Waals surface area contributed by atoms with Gasteiger partial charge in [0, 0.05) is 0 Å². The maximum atomic E-state index is 9.61. The number of ether oxygens (including phenoxy) is 1. The lowest BCUT2D eigenvalue weighted by Gasteiger charge is -2.35. The zero-order chi connectivity index (χ0) is 8.39. The Bertz CT molecular complexity index is 143. The van der Waals surface area contributed by atoms with E-state index in [1.54, 1.807) is 0 Å². The van der Waals surface area contributed by atoms with Crippen LogP contribution in [0.25, 0.3) is 0 Å². The summed E-state index contributed by atoms with van der Waals surface area (Å²) in [7, 11) is 0. The van der Waals surface area contributed by atoms with E-state index in [0.717, 1.165) is 12.8 Å². The minimum atomic E-state index is -0.181. The molecule has 0 saturated heterocycles. The SMILES string of the molecule is OC1CCCCC1OC1CCC1. The summed E-state index contributed by atoms with van der Waals surface area (Å²) in [5.74, 6) is 0. The fraction of sp³-hybridized carbons (Fsp3) is 1.00. The van der Waals surface area contributed by atoms with Crippen molar-refractivity contribution in [2.75, 3.05) is 0 Å². The average Bonchev–Trinajstić information content (AvgIpc) is 2.00. The van der Waals surface area contributed by atoms with E-state index < -0.39 is 0 Å². The lowest BCUT2D eigenvalue weighted by Crippen LogP contribution is -2.37. The molecule has 2 heteroatoms. The molecule has 70 valence electrons. The molecule has 2 aliphatic carbocycles.